The Hall–Kier alpha value is -2.53. The third-order valence-electron chi connectivity index (χ3n) is 4.50. The molecule has 1 aliphatic rings. The summed E-state index contributed by atoms with van der Waals surface area (Å²) < 4.78 is 5.59. The van der Waals surface area contributed by atoms with E-state index in [4.69, 9.17) is 21.4 Å². The molecule has 1 N–H and O–H groups in total. The van der Waals surface area contributed by atoms with Gasteiger partial charge in [-0.1, -0.05) is 29.8 Å². The second-order valence-corrected chi connectivity index (χ2v) is 6.60. The van der Waals surface area contributed by atoms with Gasteiger partial charge in [-0.15, -0.1) is 0 Å². The van der Waals surface area contributed by atoms with E-state index in [1.54, 1.807) is 29.2 Å². The van der Waals surface area contributed by atoms with Gasteiger partial charge in [0.2, 0.25) is 5.91 Å². The molecule has 1 aliphatic heterocycles. The topological polar surface area (TPSA) is 66.8 Å². The average molecular weight is 374 g/mol. The third-order valence-corrected chi connectivity index (χ3v) is 4.79. The lowest BCUT2D eigenvalue weighted by atomic mass is 9.97. The maximum atomic E-state index is 12.8. The summed E-state index contributed by atoms with van der Waals surface area (Å²) in [5, 5.41) is 9.65. The van der Waals surface area contributed by atoms with Crippen molar-refractivity contribution in [1.29, 1.82) is 0 Å². The minimum Gasteiger partial charge on any atom is -0.492 e. The maximum absolute atomic E-state index is 12.8. The van der Waals surface area contributed by atoms with Gasteiger partial charge < -0.3 is 14.7 Å². The molecule has 0 unspecified atom stereocenters. The van der Waals surface area contributed by atoms with Gasteiger partial charge in [0.05, 0.1) is 23.6 Å². The van der Waals surface area contributed by atoms with E-state index in [0.29, 0.717) is 30.5 Å². The summed E-state index contributed by atoms with van der Waals surface area (Å²) in [6, 6.07) is 10.5. The fourth-order valence-electron chi connectivity index (χ4n) is 3.18. The molecule has 5 nitrogen and oxygen atoms in total. The minimum absolute atomic E-state index is 0.0282. The van der Waals surface area contributed by atoms with Crippen LogP contribution in [0.1, 0.15) is 34.0 Å². The summed E-state index contributed by atoms with van der Waals surface area (Å²) in [6.07, 6.45) is 0.915. The van der Waals surface area contributed by atoms with E-state index in [9.17, 15) is 9.59 Å². The molecular formula is C20H20ClNO4. The molecule has 0 aliphatic carbocycles. The Kier molecular flexibility index (Phi) is 5.47. The van der Waals surface area contributed by atoms with Crippen molar-refractivity contribution in [1.82, 2.24) is 4.90 Å². The molecule has 136 valence electrons. The summed E-state index contributed by atoms with van der Waals surface area (Å²) in [7, 11) is 0. The first-order valence-corrected chi connectivity index (χ1v) is 8.90. The number of hydrogen-bond acceptors (Lipinski definition) is 3. The molecular weight excluding hydrogens is 354 g/mol. The van der Waals surface area contributed by atoms with Crippen molar-refractivity contribution in [3.63, 3.8) is 0 Å². The van der Waals surface area contributed by atoms with E-state index >= 15 is 0 Å². The molecule has 3 rings (SSSR count). The fourth-order valence-corrected chi connectivity index (χ4v) is 3.43. The number of carbonyl (C=O) groups is 2. The van der Waals surface area contributed by atoms with E-state index < -0.39 is 5.97 Å². The first kappa shape index (κ1) is 18.3. The highest BCUT2D eigenvalue weighted by atomic mass is 35.5. The van der Waals surface area contributed by atoms with Crippen molar-refractivity contribution < 1.29 is 19.4 Å². The number of nitrogens with zero attached hydrogens (tertiary/aromatic N) is 1. The predicted octanol–water partition coefficient (Wildman–Crippen LogP) is 3.56. The van der Waals surface area contributed by atoms with Crippen LogP contribution in [0.15, 0.2) is 36.4 Å². The molecule has 0 aromatic heterocycles. The number of hydrogen-bond donors (Lipinski definition) is 1. The van der Waals surface area contributed by atoms with E-state index in [1.165, 1.54) is 0 Å². The van der Waals surface area contributed by atoms with Crippen LogP contribution in [0.3, 0.4) is 0 Å². The van der Waals surface area contributed by atoms with Crippen molar-refractivity contribution in [2.24, 2.45) is 0 Å². The molecule has 2 aromatic carbocycles. The Morgan fingerprint density at radius 1 is 1.23 bits per heavy atom. The highest BCUT2D eigenvalue weighted by molar-refractivity contribution is 6.32. The van der Waals surface area contributed by atoms with Crippen molar-refractivity contribution in [3.8, 4) is 5.75 Å². The number of benzene rings is 2. The van der Waals surface area contributed by atoms with E-state index in [2.05, 4.69) is 0 Å². The van der Waals surface area contributed by atoms with Crippen molar-refractivity contribution in [2.45, 2.75) is 26.3 Å². The average Bonchev–Trinajstić information content (AvgIpc) is 2.63. The van der Waals surface area contributed by atoms with Gasteiger partial charge >= 0.3 is 5.97 Å². The zero-order valence-electron chi connectivity index (χ0n) is 14.5. The summed E-state index contributed by atoms with van der Waals surface area (Å²) in [5.41, 5.74) is 2.98. The van der Waals surface area contributed by atoms with Gasteiger partial charge in [-0.2, -0.15) is 0 Å². The number of fused-ring (bicyclic) bond motifs is 1. The molecule has 1 heterocycles. The molecule has 0 fully saturated rings. The Labute approximate surface area is 157 Å². The van der Waals surface area contributed by atoms with Gasteiger partial charge in [-0.25, -0.2) is 4.79 Å². The highest BCUT2D eigenvalue weighted by Gasteiger charge is 2.23. The lowest BCUT2D eigenvalue weighted by Gasteiger charge is -2.29. The van der Waals surface area contributed by atoms with E-state index in [0.717, 1.165) is 23.1 Å². The number of amides is 1. The second kappa shape index (κ2) is 7.79. The molecule has 0 spiro atoms. The van der Waals surface area contributed by atoms with Crippen LogP contribution in [0.4, 0.5) is 0 Å². The van der Waals surface area contributed by atoms with Crippen molar-refractivity contribution in [2.75, 3.05) is 13.2 Å². The maximum Gasteiger partial charge on any atom is 0.335 e. The Morgan fingerprint density at radius 2 is 2.04 bits per heavy atom. The summed E-state index contributed by atoms with van der Waals surface area (Å²) >= 11 is 6.19. The van der Waals surface area contributed by atoms with Gasteiger partial charge in [-0.05, 0) is 42.7 Å². The summed E-state index contributed by atoms with van der Waals surface area (Å²) in [4.78, 5) is 25.7. The van der Waals surface area contributed by atoms with Crippen molar-refractivity contribution in [3.05, 3.63) is 63.7 Å². The quantitative estimate of drug-likeness (QED) is 0.870. The van der Waals surface area contributed by atoms with Crippen LogP contribution >= 0.6 is 11.6 Å². The number of ether oxygens (including phenoxy) is 1. The molecule has 26 heavy (non-hydrogen) atoms. The minimum atomic E-state index is -0.962. The molecule has 1 amide bonds. The van der Waals surface area contributed by atoms with Crippen LogP contribution in [0.5, 0.6) is 5.75 Å². The van der Waals surface area contributed by atoms with Crippen LogP contribution in [-0.4, -0.2) is 35.0 Å². The zero-order chi connectivity index (χ0) is 18.7. The molecule has 2 aromatic rings. The largest absolute Gasteiger partial charge is 0.492 e. The number of rotatable bonds is 5. The smallest absolute Gasteiger partial charge is 0.335 e. The second-order valence-electron chi connectivity index (χ2n) is 6.19. The Bertz CT molecular complexity index is 850. The van der Waals surface area contributed by atoms with Gasteiger partial charge in [0.1, 0.15) is 5.75 Å². The molecule has 0 radical (unpaired) electrons. The number of carboxylic acids is 1. The summed E-state index contributed by atoms with van der Waals surface area (Å²) in [5.74, 6) is -0.438. The van der Waals surface area contributed by atoms with Crippen LogP contribution < -0.4 is 4.74 Å². The monoisotopic (exact) mass is 373 g/mol. The van der Waals surface area contributed by atoms with E-state index in [1.807, 2.05) is 19.1 Å². The Morgan fingerprint density at radius 3 is 2.77 bits per heavy atom. The van der Waals surface area contributed by atoms with Gasteiger partial charge in [0.15, 0.2) is 0 Å². The molecule has 0 saturated heterocycles. The normalized spacial score (nSPS) is 13.2. The molecule has 0 atom stereocenters. The van der Waals surface area contributed by atoms with Gasteiger partial charge in [-0.3, -0.25) is 4.79 Å². The van der Waals surface area contributed by atoms with Gasteiger partial charge in [0, 0.05) is 18.7 Å². The molecule has 0 bridgehead atoms. The fraction of sp³-hybridized carbons (Fsp3) is 0.300. The number of halogens is 1. The summed E-state index contributed by atoms with van der Waals surface area (Å²) in [6.45, 7) is 3.37. The first-order valence-electron chi connectivity index (χ1n) is 8.52. The number of carbonyl (C=O) groups excluding carboxylic acids is 1. The first-order chi connectivity index (χ1) is 12.5. The number of para-hydroxylation sites is 1. The lowest BCUT2D eigenvalue weighted by molar-refractivity contribution is -0.131. The van der Waals surface area contributed by atoms with Gasteiger partial charge in [0.25, 0.3) is 0 Å². The Balaban J connectivity index is 1.77. The van der Waals surface area contributed by atoms with Crippen LogP contribution in [0.2, 0.25) is 5.02 Å². The SMILES string of the molecule is CCOc1c(Cl)cccc1CC(=O)N1CCc2ccc(C(=O)O)cc2C1. The van der Waals surface area contributed by atoms with Crippen molar-refractivity contribution >= 4 is 23.5 Å². The van der Waals surface area contributed by atoms with Crippen LogP contribution in [0.25, 0.3) is 0 Å². The van der Waals surface area contributed by atoms with E-state index in [-0.39, 0.29) is 17.9 Å². The standard InChI is InChI=1S/C20H20ClNO4/c1-2-26-19-14(4-3-5-17(19)21)11-18(23)22-9-8-13-6-7-15(20(24)25)10-16(13)12-22/h3-7,10H,2,8-9,11-12H2,1H3,(H,24,25). The molecule has 6 heteroatoms. The predicted molar refractivity (Wildman–Crippen MR) is 98.8 cm³/mol. The number of aromatic carboxylic acids is 1. The zero-order valence-corrected chi connectivity index (χ0v) is 15.3. The van der Waals surface area contributed by atoms with Crippen LogP contribution in [-0.2, 0) is 24.2 Å². The lowest BCUT2D eigenvalue weighted by Crippen LogP contribution is -2.37. The molecule has 0 saturated carbocycles. The number of carboxylic acid groups (broad SMARTS) is 1. The highest BCUT2D eigenvalue weighted by Crippen LogP contribution is 2.30. The third kappa shape index (κ3) is 3.83. The van der Waals surface area contributed by atoms with Crippen LogP contribution in [0, 0.1) is 0 Å².